The van der Waals surface area contributed by atoms with Crippen LogP contribution < -0.4 is 15.8 Å². The van der Waals surface area contributed by atoms with Gasteiger partial charge in [0.15, 0.2) is 6.61 Å². The van der Waals surface area contributed by atoms with E-state index in [1.54, 1.807) is 24.4 Å². The predicted octanol–water partition coefficient (Wildman–Crippen LogP) is 2.78. The molecule has 24 heavy (non-hydrogen) atoms. The number of aromatic nitrogens is 1. The van der Waals surface area contributed by atoms with Gasteiger partial charge >= 0.3 is 6.18 Å². The second-order valence-corrected chi connectivity index (χ2v) is 5.97. The molecular formula is C15H16F3N3O2S. The number of hydrogen-bond donors (Lipinski definition) is 2. The number of ether oxygens (including phenoxy) is 1. The molecule has 0 aliphatic rings. The van der Waals surface area contributed by atoms with E-state index in [1.807, 2.05) is 0 Å². The third-order valence-electron chi connectivity index (χ3n) is 3.01. The first-order valence-electron chi connectivity index (χ1n) is 7.00. The van der Waals surface area contributed by atoms with Crippen molar-refractivity contribution in [1.29, 1.82) is 0 Å². The molecule has 1 aromatic heterocycles. The Labute approximate surface area is 140 Å². The Hall–Kier alpha value is -2.13. The molecule has 0 aliphatic carbocycles. The van der Waals surface area contributed by atoms with Crippen molar-refractivity contribution in [2.45, 2.75) is 26.2 Å². The lowest BCUT2D eigenvalue weighted by Crippen LogP contribution is -2.24. The minimum absolute atomic E-state index is 0.0296. The van der Waals surface area contributed by atoms with Crippen molar-refractivity contribution in [3.05, 3.63) is 45.4 Å². The van der Waals surface area contributed by atoms with Gasteiger partial charge in [0.2, 0.25) is 0 Å². The summed E-state index contributed by atoms with van der Waals surface area (Å²) in [6.07, 6.45) is -4.43. The van der Waals surface area contributed by atoms with Crippen molar-refractivity contribution in [3.8, 4) is 5.75 Å². The molecule has 0 bridgehead atoms. The number of carbonyl (C=O) groups excluding carboxylic acids is 1. The van der Waals surface area contributed by atoms with E-state index >= 15 is 0 Å². The summed E-state index contributed by atoms with van der Waals surface area (Å²) in [4.78, 5) is 16.1. The monoisotopic (exact) mass is 359 g/mol. The van der Waals surface area contributed by atoms with Gasteiger partial charge in [-0.05, 0) is 18.6 Å². The molecule has 0 atom stereocenters. The largest absolute Gasteiger partial charge is 0.484 e. The maximum atomic E-state index is 12.3. The quantitative estimate of drug-likeness (QED) is 0.831. The first-order valence-corrected chi connectivity index (χ1v) is 7.88. The SMILES string of the molecule is Cc1ccc(CNC(=O)c2csc(CN)n2)c(OCC(F)(F)F)c1. The summed E-state index contributed by atoms with van der Waals surface area (Å²) in [7, 11) is 0. The average Bonchev–Trinajstić information content (AvgIpc) is 3.00. The van der Waals surface area contributed by atoms with Gasteiger partial charge < -0.3 is 15.8 Å². The predicted molar refractivity (Wildman–Crippen MR) is 83.9 cm³/mol. The van der Waals surface area contributed by atoms with Crippen LogP contribution in [0.25, 0.3) is 0 Å². The molecule has 3 N–H and O–H groups in total. The number of nitrogens with one attached hydrogen (secondary N) is 1. The van der Waals surface area contributed by atoms with Gasteiger partial charge in [-0.15, -0.1) is 11.3 Å². The van der Waals surface area contributed by atoms with E-state index in [4.69, 9.17) is 10.5 Å². The van der Waals surface area contributed by atoms with E-state index in [9.17, 15) is 18.0 Å². The fraction of sp³-hybridized carbons (Fsp3) is 0.333. The zero-order valence-electron chi connectivity index (χ0n) is 12.8. The van der Waals surface area contributed by atoms with Crippen LogP contribution in [0.5, 0.6) is 5.75 Å². The van der Waals surface area contributed by atoms with Crippen LogP contribution in [0.3, 0.4) is 0 Å². The van der Waals surface area contributed by atoms with Crippen LogP contribution in [0, 0.1) is 6.92 Å². The Bertz CT molecular complexity index is 716. The molecule has 1 aromatic carbocycles. The highest BCUT2D eigenvalue weighted by molar-refractivity contribution is 7.09. The lowest BCUT2D eigenvalue weighted by atomic mass is 10.1. The van der Waals surface area contributed by atoms with Crippen LogP contribution in [0.2, 0.25) is 0 Å². The number of alkyl halides is 3. The summed E-state index contributed by atoms with van der Waals surface area (Å²) in [5.74, 6) is -0.332. The average molecular weight is 359 g/mol. The Kier molecular flexibility index (Phi) is 5.79. The van der Waals surface area contributed by atoms with Gasteiger partial charge in [0.25, 0.3) is 5.91 Å². The number of amides is 1. The maximum Gasteiger partial charge on any atom is 0.422 e. The van der Waals surface area contributed by atoms with Crippen molar-refractivity contribution >= 4 is 17.2 Å². The molecule has 0 saturated carbocycles. The molecule has 5 nitrogen and oxygen atoms in total. The summed E-state index contributed by atoms with van der Waals surface area (Å²) < 4.78 is 41.8. The number of benzene rings is 1. The van der Waals surface area contributed by atoms with Crippen molar-refractivity contribution in [2.75, 3.05) is 6.61 Å². The summed E-state index contributed by atoms with van der Waals surface area (Å²) in [6.45, 7) is 0.628. The van der Waals surface area contributed by atoms with Gasteiger partial charge in [-0.3, -0.25) is 4.79 Å². The molecule has 0 spiro atoms. The molecule has 0 radical (unpaired) electrons. The van der Waals surface area contributed by atoms with E-state index in [0.717, 1.165) is 5.56 Å². The van der Waals surface area contributed by atoms with Crippen molar-refractivity contribution in [2.24, 2.45) is 5.73 Å². The molecular weight excluding hydrogens is 343 g/mol. The van der Waals surface area contributed by atoms with Crippen LogP contribution in [0.15, 0.2) is 23.6 Å². The summed E-state index contributed by atoms with van der Waals surface area (Å²) in [5.41, 5.74) is 6.88. The van der Waals surface area contributed by atoms with E-state index in [2.05, 4.69) is 10.3 Å². The van der Waals surface area contributed by atoms with E-state index < -0.39 is 18.7 Å². The molecule has 130 valence electrons. The van der Waals surface area contributed by atoms with E-state index in [1.165, 1.54) is 17.4 Å². The molecule has 0 unspecified atom stereocenters. The van der Waals surface area contributed by atoms with Crippen LogP contribution in [-0.2, 0) is 13.1 Å². The fourth-order valence-corrected chi connectivity index (χ4v) is 2.53. The Morgan fingerprint density at radius 3 is 2.79 bits per heavy atom. The maximum absolute atomic E-state index is 12.3. The zero-order chi connectivity index (χ0) is 17.7. The summed E-state index contributed by atoms with van der Waals surface area (Å²) in [6, 6.07) is 4.85. The van der Waals surface area contributed by atoms with Crippen LogP contribution in [0.4, 0.5) is 13.2 Å². The summed E-state index contributed by atoms with van der Waals surface area (Å²) >= 11 is 1.27. The highest BCUT2D eigenvalue weighted by Gasteiger charge is 2.28. The first-order chi connectivity index (χ1) is 11.3. The Morgan fingerprint density at radius 2 is 2.17 bits per heavy atom. The molecule has 2 rings (SSSR count). The molecule has 9 heteroatoms. The fourth-order valence-electron chi connectivity index (χ4n) is 1.88. The lowest BCUT2D eigenvalue weighted by Gasteiger charge is -2.14. The van der Waals surface area contributed by atoms with Crippen molar-refractivity contribution in [1.82, 2.24) is 10.3 Å². The molecule has 0 saturated heterocycles. The smallest absolute Gasteiger partial charge is 0.422 e. The molecule has 1 amide bonds. The second kappa shape index (κ2) is 7.63. The number of aryl methyl sites for hydroxylation is 1. The van der Waals surface area contributed by atoms with Crippen LogP contribution in [0.1, 0.15) is 26.6 Å². The van der Waals surface area contributed by atoms with Crippen LogP contribution >= 0.6 is 11.3 Å². The van der Waals surface area contributed by atoms with Gasteiger partial charge in [0.1, 0.15) is 16.5 Å². The minimum atomic E-state index is -4.43. The lowest BCUT2D eigenvalue weighted by molar-refractivity contribution is -0.153. The van der Waals surface area contributed by atoms with Gasteiger partial charge in [0.05, 0.1) is 0 Å². The molecule has 0 fully saturated rings. The number of carbonyl (C=O) groups is 1. The van der Waals surface area contributed by atoms with Gasteiger partial charge in [-0.2, -0.15) is 13.2 Å². The van der Waals surface area contributed by atoms with Crippen molar-refractivity contribution in [3.63, 3.8) is 0 Å². The number of halogens is 3. The van der Waals surface area contributed by atoms with Gasteiger partial charge in [0, 0.05) is 24.0 Å². The highest BCUT2D eigenvalue weighted by Crippen LogP contribution is 2.24. The van der Waals surface area contributed by atoms with Gasteiger partial charge in [-0.1, -0.05) is 12.1 Å². The zero-order valence-corrected chi connectivity index (χ0v) is 13.6. The van der Waals surface area contributed by atoms with E-state index in [0.29, 0.717) is 10.6 Å². The normalized spacial score (nSPS) is 11.4. The number of nitrogens with two attached hydrogens (primary N) is 1. The third kappa shape index (κ3) is 5.20. The number of rotatable bonds is 6. The Balaban J connectivity index is 2.04. The third-order valence-corrected chi connectivity index (χ3v) is 3.88. The Morgan fingerprint density at radius 1 is 1.42 bits per heavy atom. The molecule has 0 aliphatic heterocycles. The topological polar surface area (TPSA) is 77.2 Å². The van der Waals surface area contributed by atoms with E-state index in [-0.39, 0.29) is 24.5 Å². The number of thiazole rings is 1. The summed E-state index contributed by atoms with van der Waals surface area (Å²) in [5, 5.41) is 4.82. The van der Waals surface area contributed by atoms with Crippen LogP contribution in [-0.4, -0.2) is 23.7 Å². The molecule has 2 aromatic rings. The first kappa shape index (κ1) is 18.2. The second-order valence-electron chi connectivity index (χ2n) is 5.03. The van der Waals surface area contributed by atoms with Crippen molar-refractivity contribution < 1.29 is 22.7 Å². The van der Waals surface area contributed by atoms with Gasteiger partial charge in [-0.25, -0.2) is 4.98 Å². The number of nitrogens with zero attached hydrogens (tertiary/aromatic N) is 1. The molecule has 1 heterocycles. The highest BCUT2D eigenvalue weighted by atomic mass is 32.1. The number of hydrogen-bond acceptors (Lipinski definition) is 5. The standard InChI is InChI=1S/C15H16F3N3O2S/c1-9-2-3-10(12(4-9)23-8-15(16,17)18)6-20-14(22)11-7-24-13(5-19)21-11/h2-4,7H,5-6,8,19H2,1H3,(H,20,22). The minimum Gasteiger partial charge on any atom is -0.484 e.